The monoisotopic (exact) mass is 322 g/mol. The first-order chi connectivity index (χ1) is 8.66. The minimum absolute atomic E-state index is 0.222. The van der Waals surface area contributed by atoms with Gasteiger partial charge >= 0.3 is 0 Å². The number of carbonyl (C=O) groups is 1. The van der Waals surface area contributed by atoms with Crippen molar-refractivity contribution in [1.29, 1.82) is 0 Å². The second-order valence-electron chi connectivity index (χ2n) is 3.64. The summed E-state index contributed by atoms with van der Waals surface area (Å²) in [5.74, 6) is -0.222. The van der Waals surface area contributed by atoms with Crippen LogP contribution in [0, 0.1) is 6.92 Å². The number of carbonyl (C=O) groups excluding carboxylic acids is 1. The number of halogens is 1. The van der Waals surface area contributed by atoms with Gasteiger partial charge in [-0.15, -0.1) is 11.3 Å². The molecule has 1 heterocycles. The number of amides is 1. The van der Waals surface area contributed by atoms with Gasteiger partial charge in [0.05, 0.1) is 6.21 Å². The van der Waals surface area contributed by atoms with Crippen LogP contribution in [-0.4, -0.2) is 12.1 Å². The zero-order valence-electron chi connectivity index (χ0n) is 9.68. The van der Waals surface area contributed by atoms with Crippen LogP contribution in [0.4, 0.5) is 0 Å². The van der Waals surface area contributed by atoms with Gasteiger partial charge in [-0.25, -0.2) is 5.43 Å². The van der Waals surface area contributed by atoms with Gasteiger partial charge in [0.2, 0.25) is 0 Å². The van der Waals surface area contributed by atoms with Crippen LogP contribution in [0.1, 0.15) is 20.8 Å². The predicted molar refractivity (Wildman–Crippen MR) is 78.3 cm³/mol. The maximum atomic E-state index is 11.8. The fourth-order valence-electron chi connectivity index (χ4n) is 1.38. The van der Waals surface area contributed by atoms with E-state index in [4.69, 9.17) is 0 Å². The Morgan fingerprint density at radius 1 is 1.44 bits per heavy atom. The Morgan fingerprint density at radius 2 is 2.28 bits per heavy atom. The largest absolute Gasteiger partial charge is 0.271 e. The SMILES string of the molecule is Cc1sccc1/C=N/NC(=O)c1cccc(Br)c1. The molecule has 1 N–H and O–H groups in total. The molecule has 1 amide bonds. The van der Waals surface area contributed by atoms with Gasteiger partial charge < -0.3 is 0 Å². The molecule has 1 aromatic heterocycles. The summed E-state index contributed by atoms with van der Waals surface area (Å²) in [4.78, 5) is 12.9. The summed E-state index contributed by atoms with van der Waals surface area (Å²) >= 11 is 4.97. The zero-order valence-corrected chi connectivity index (χ0v) is 12.1. The molecule has 0 bridgehead atoms. The number of nitrogens with zero attached hydrogens (tertiary/aromatic N) is 1. The fourth-order valence-corrected chi connectivity index (χ4v) is 2.46. The molecule has 3 nitrogen and oxygen atoms in total. The number of aryl methyl sites for hydroxylation is 1. The highest BCUT2D eigenvalue weighted by Crippen LogP contribution is 2.13. The molecule has 18 heavy (non-hydrogen) atoms. The molecule has 0 atom stereocenters. The molecule has 0 aliphatic rings. The van der Waals surface area contributed by atoms with Crippen molar-refractivity contribution in [2.24, 2.45) is 5.10 Å². The lowest BCUT2D eigenvalue weighted by molar-refractivity contribution is 0.0955. The molecule has 0 aliphatic carbocycles. The minimum Gasteiger partial charge on any atom is -0.267 e. The van der Waals surface area contributed by atoms with E-state index in [0.717, 1.165) is 10.0 Å². The lowest BCUT2D eigenvalue weighted by atomic mass is 10.2. The number of benzene rings is 1. The second kappa shape index (κ2) is 5.93. The maximum absolute atomic E-state index is 11.8. The van der Waals surface area contributed by atoms with Crippen LogP contribution in [0.2, 0.25) is 0 Å². The van der Waals surface area contributed by atoms with E-state index in [0.29, 0.717) is 5.56 Å². The molecule has 0 spiro atoms. The molecule has 1 aromatic carbocycles. The molecule has 0 unspecified atom stereocenters. The molecule has 5 heteroatoms. The molecule has 0 fully saturated rings. The quantitative estimate of drug-likeness (QED) is 0.681. The Kier molecular flexibility index (Phi) is 4.28. The minimum atomic E-state index is -0.222. The van der Waals surface area contributed by atoms with E-state index >= 15 is 0 Å². The highest BCUT2D eigenvalue weighted by Gasteiger charge is 2.03. The van der Waals surface area contributed by atoms with Gasteiger partial charge in [0.15, 0.2) is 0 Å². The first-order valence-corrected chi connectivity index (χ1v) is 6.97. The third-order valence-corrected chi connectivity index (χ3v) is 3.71. The predicted octanol–water partition coefficient (Wildman–Crippen LogP) is 3.58. The number of hydrogen-bond donors (Lipinski definition) is 1. The van der Waals surface area contributed by atoms with Gasteiger partial charge in [0.25, 0.3) is 5.91 Å². The van der Waals surface area contributed by atoms with E-state index in [-0.39, 0.29) is 5.91 Å². The van der Waals surface area contributed by atoms with Crippen molar-refractivity contribution in [3.8, 4) is 0 Å². The Balaban J connectivity index is 2.01. The zero-order chi connectivity index (χ0) is 13.0. The second-order valence-corrected chi connectivity index (χ2v) is 5.68. The Labute approximate surface area is 118 Å². The van der Waals surface area contributed by atoms with Gasteiger partial charge in [-0.3, -0.25) is 4.79 Å². The average molecular weight is 323 g/mol. The number of thiophene rings is 1. The number of hydrazone groups is 1. The highest BCUT2D eigenvalue weighted by molar-refractivity contribution is 9.10. The molecule has 0 saturated heterocycles. The van der Waals surface area contributed by atoms with Crippen LogP contribution in [-0.2, 0) is 0 Å². The number of rotatable bonds is 3. The fraction of sp³-hybridized carbons (Fsp3) is 0.0769. The van der Waals surface area contributed by atoms with Crippen molar-refractivity contribution < 1.29 is 4.79 Å². The molecular weight excluding hydrogens is 312 g/mol. The van der Waals surface area contributed by atoms with E-state index in [1.165, 1.54) is 4.88 Å². The Morgan fingerprint density at radius 3 is 2.94 bits per heavy atom. The highest BCUT2D eigenvalue weighted by atomic mass is 79.9. The van der Waals surface area contributed by atoms with Crippen molar-refractivity contribution in [2.75, 3.05) is 0 Å². The van der Waals surface area contributed by atoms with Crippen molar-refractivity contribution in [2.45, 2.75) is 6.92 Å². The lowest BCUT2D eigenvalue weighted by Gasteiger charge is -1.99. The molecule has 0 saturated carbocycles. The summed E-state index contributed by atoms with van der Waals surface area (Å²) in [5.41, 5.74) is 4.10. The van der Waals surface area contributed by atoms with Crippen molar-refractivity contribution in [3.05, 3.63) is 56.2 Å². The molecule has 2 rings (SSSR count). The van der Waals surface area contributed by atoms with E-state index in [1.54, 1.807) is 29.7 Å². The maximum Gasteiger partial charge on any atom is 0.271 e. The number of hydrogen-bond acceptors (Lipinski definition) is 3. The standard InChI is InChI=1S/C13H11BrN2OS/c1-9-11(5-6-18-9)8-15-16-13(17)10-3-2-4-12(14)7-10/h2-8H,1H3,(H,16,17)/b15-8+. The van der Waals surface area contributed by atoms with Crippen LogP contribution >= 0.6 is 27.3 Å². The smallest absolute Gasteiger partial charge is 0.267 e. The summed E-state index contributed by atoms with van der Waals surface area (Å²) in [6.45, 7) is 2.02. The first-order valence-electron chi connectivity index (χ1n) is 5.30. The molecule has 0 radical (unpaired) electrons. The summed E-state index contributed by atoms with van der Waals surface area (Å²) in [6.07, 6.45) is 1.65. The summed E-state index contributed by atoms with van der Waals surface area (Å²) < 4.78 is 0.868. The Bertz CT molecular complexity index is 592. The topological polar surface area (TPSA) is 41.5 Å². The van der Waals surface area contributed by atoms with Gasteiger partial charge in [-0.05, 0) is 36.6 Å². The summed E-state index contributed by atoms with van der Waals surface area (Å²) in [6, 6.07) is 9.14. The third kappa shape index (κ3) is 3.27. The van der Waals surface area contributed by atoms with Crippen LogP contribution in [0.15, 0.2) is 45.3 Å². The summed E-state index contributed by atoms with van der Waals surface area (Å²) in [7, 11) is 0. The summed E-state index contributed by atoms with van der Waals surface area (Å²) in [5, 5.41) is 5.94. The number of nitrogens with one attached hydrogen (secondary N) is 1. The molecule has 0 aliphatic heterocycles. The van der Waals surface area contributed by atoms with Gasteiger partial charge in [0.1, 0.15) is 0 Å². The van der Waals surface area contributed by atoms with Crippen molar-refractivity contribution >= 4 is 39.4 Å². The van der Waals surface area contributed by atoms with E-state index in [1.807, 2.05) is 30.5 Å². The van der Waals surface area contributed by atoms with Crippen LogP contribution in [0.3, 0.4) is 0 Å². The Hall–Kier alpha value is -1.46. The van der Waals surface area contributed by atoms with Crippen LogP contribution in [0.25, 0.3) is 0 Å². The van der Waals surface area contributed by atoms with Crippen LogP contribution in [0.5, 0.6) is 0 Å². The van der Waals surface area contributed by atoms with Gasteiger partial charge in [-0.2, -0.15) is 5.10 Å². The molecule has 2 aromatic rings. The van der Waals surface area contributed by atoms with E-state index in [9.17, 15) is 4.79 Å². The van der Waals surface area contributed by atoms with Gasteiger partial charge in [-0.1, -0.05) is 22.0 Å². The third-order valence-electron chi connectivity index (χ3n) is 2.36. The van der Waals surface area contributed by atoms with Crippen molar-refractivity contribution in [3.63, 3.8) is 0 Å². The molecular formula is C13H11BrN2OS. The lowest BCUT2D eigenvalue weighted by Crippen LogP contribution is -2.17. The van der Waals surface area contributed by atoms with Crippen LogP contribution < -0.4 is 5.43 Å². The van der Waals surface area contributed by atoms with E-state index < -0.39 is 0 Å². The normalized spacial score (nSPS) is 10.8. The van der Waals surface area contributed by atoms with Crippen molar-refractivity contribution in [1.82, 2.24) is 5.43 Å². The average Bonchev–Trinajstić information content (AvgIpc) is 2.75. The van der Waals surface area contributed by atoms with Gasteiger partial charge in [0, 0.05) is 20.5 Å². The molecule has 92 valence electrons. The first kappa shape index (κ1) is 13.0. The van der Waals surface area contributed by atoms with E-state index in [2.05, 4.69) is 26.5 Å².